The molecule has 2 unspecified atom stereocenters. The van der Waals surface area contributed by atoms with E-state index in [0.717, 1.165) is 25.2 Å². The molecule has 82 valence electrons. The topological polar surface area (TPSA) is 48.8 Å². The van der Waals surface area contributed by atoms with Crippen LogP contribution in [0.25, 0.3) is 10.4 Å². The van der Waals surface area contributed by atoms with Gasteiger partial charge in [0.15, 0.2) is 0 Å². The number of hydrogen-bond acceptors (Lipinski definition) is 1. The second-order valence-electron chi connectivity index (χ2n) is 7.04. The summed E-state index contributed by atoms with van der Waals surface area (Å²) >= 11 is 0. The van der Waals surface area contributed by atoms with Crippen molar-refractivity contribution in [2.45, 2.75) is 57.9 Å². The highest BCUT2D eigenvalue weighted by atomic mass is 15.2. The van der Waals surface area contributed by atoms with Gasteiger partial charge in [-0.1, -0.05) is 19.0 Å². The average molecular weight is 205 g/mol. The molecule has 4 fully saturated rings. The predicted molar refractivity (Wildman–Crippen MR) is 59.3 cm³/mol. The van der Waals surface area contributed by atoms with Gasteiger partial charge in [-0.2, -0.15) is 0 Å². The fraction of sp³-hybridized carbons (Fsp3) is 1.00. The summed E-state index contributed by atoms with van der Waals surface area (Å²) in [6, 6.07) is 0. The van der Waals surface area contributed by atoms with E-state index in [9.17, 15) is 0 Å². The highest BCUT2D eigenvalue weighted by Crippen LogP contribution is 2.67. The molecule has 0 aromatic carbocycles. The molecular weight excluding hydrogens is 186 g/mol. The van der Waals surface area contributed by atoms with Crippen molar-refractivity contribution in [3.05, 3.63) is 10.4 Å². The van der Waals surface area contributed by atoms with E-state index in [1.807, 2.05) is 0 Å². The van der Waals surface area contributed by atoms with E-state index < -0.39 is 0 Å². The van der Waals surface area contributed by atoms with Gasteiger partial charge in [-0.25, -0.2) is 0 Å². The Bertz CT molecular complexity index is 338. The van der Waals surface area contributed by atoms with Crippen molar-refractivity contribution in [2.75, 3.05) is 0 Å². The van der Waals surface area contributed by atoms with Gasteiger partial charge in [0.1, 0.15) is 0 Å². The van der Waals surface area contributed by atoms with E-state index in [-0.39, 0.29) is 5.54 Å². The third-order valence-corrected chi connectivity index (χ3v) is 4.85. The van der Waals surface area contributed by atoms with Crippen LogP contribution in [0.1, 0.15) is 52.4 Å². The number of nitrogens with zero attached hydrogens (tertiary/aromatic N) is 3. The lowest BCUT2D eigenvalue weighted by Gasteiger charge is -2.64. The third-order valence-electron chi connectivity index (χ3n) is 4.85. The third kappa shape index (κ3) is 1.29. The van der Waals surface area contributed by atoms with Crippen LogP contribution in [0.2, 0.25) is 0 Å². The molecule has 0 N–H and O–H groups in total. The van der Waals surface area contributed by atoms with E-state index >= 15 is 0 Å². The van der Waals surface area contributed by atoms with Gasteiger partial charge in [0, 0.05) is 4.91 Å². The van der Waals surface area contributed by atoms with E-state index in [0.29, 0.717) is 10.8 Å². The van der Waals surface area contributed by atoms with E-state index in [4.69, 9.17) is 5.53 Å². The molecule has 0 saturated heterocycles. The largest absolute Gasteiger partial charge is 0.0872 e. The molecule has 0 radical (unpaired) electrons. The maximum atomic E-state index is 8.75. The molecule has 3 nitrogen and oxygen atoms in total. The van der Waals surface area contributed by atoms with Crippen molar-refractivity contribution < 1.29 is 0 Å². The lowest BCUT2D eigenvalue weighted by Crippen LogP contribution is -2.57. The lowest BCUT2D eigenvalue weighted by atomic mass is 9.43. The Kier molecular flexibility index (Phi) is 1.60. The van der Waals surface area contributed by atoms with Crippen LogP contribution in [0.4, 0.5) is 0 Å². The summed E-state index contributed by atoms with van der Waals surface area (Å²) in [5, 5.41) is 4.19. The molecule has 4 atom stereocenters. The van der Waals surface area contributed by atoms with Crippen LogP contribution in [0.3, 0.4) is 0 Å². The van der Waals surface area contributed by atoms with Gasteiger partial charge >= 0.3 is 0 Å². The van der Waals surface area contributed by atoms with Crippen molar-refractivity contribution in [1.29, 1.82) is 0 Å². The smallest absolute Gasteiger partial charge is 0.0501 e. The summed E-state index contributed by atoms with van der Waals surface area (Å²) in [5.74, 6) is 0.821. The summed E-state index contributed by atoms with van der Waals surface area (Å²) in [4.78, 5) is 3.11. The summed E-state index contributed by atoms with van der Waals surface area (Å²) in [6.07, 6.45) is 7.50. The SMILES string of the molecule is C[C@]12CC3CC(N=[N+]=[N-])(C1)C[C@@](C)(C3)C2. The molecule has 0 heterocycles. The van der Waals surface area contributed by atoms with Crippen molar-refractivity contribution in [3.8, 4) is 0 Å². The zero-order valence-electron chi connectivity index (χ0n) is 9.66. The standard InChI is InChI=1S/C12H19N3/c1-10-3-9-4-11(2,6-10)8-12(5-9,7-10)14-15-13/h9H,3-8H2,1-2H3/t9?,10-,11+,12?. The minimum absolute atomic E-state index is 0.0162. The number of rotatable bonds is 1. The molecular formula is C12H19N3. The van der Waals surface area contributed by atoms with Gasteiger partial charge in [-0.3, -0.25) is 0 Å². The zero-order valence-corrected chi connectivity index (χ0v) is 9.66. The van der Waals surface area contributed by atoms with Gasteiger partial charge in [-0.05, 0) is 60.8 Å². The van der Waals surface area contributed by atoms with Gasteiger partial charge < -0.3 is 0 Å². The molecule has 0 amide bonds. The summed E-state index contributed by atoms with van der Waals surface area (Å²) < 4.78 is 0. The number of hydrogen-bond donors (Lipinski definition) is 0. The Labute approximate surface area is 90.9 Å². The fourth-order valence-corrected chi connectivity index (χ4v) is 5.59. The minimum atomic E-state index is -0.0162. The van der Waals surface area contributed by atoms with Gasteiger partial charge in [0.2, 0.25) is 0 Å². The molecule has 15 heavy (non-hydrogen) atoms. The molecule has 0 aromatic rings. The van der Waals surface area contributed by atoms with Crippen molar-refractivity contribution in [3.63, 3.8) is 0 Å². The second kappa shape index (κ2) is 2.52. The monoisotopic (exact) mass is 205 g/mol. The number of azide groups is 1. The van der Waals surface area contributed by atoms with Gasteiger partial charge in [0.25, 0.3) is 0 Å². The zero-order chi connectivity index (χ0) is 10.7. The van der Waals surface area contributed by atoms with Crippen LogP contribution < -0.4 is 0 Å². The van der Waals surface area contributed by atoms with Gasteiger partial charge in [-0.15, -0.1) is 0 Å². The second-order valence-corrected chi connectivity index (χ2v) is 7.04. The molecule has 0 spiro atoms. The highest BCUT2D eigenvalue weighted by molar-refractivity contribution is 5.14. The van der Waals surface area contributed by atoms with Crippen LogP contribution in [0.15, 0.2) is 5.11 Å². The van der Waals surface area contributed by atoms with Crippen LogP contribution >= 0.6 is 0 Å². The summed E-state index contributed by atoms with van der Waals surface area (Å²) in [6.45, 7) is 4.80. The molecule has 3 heteroatoms. The van der Waals surface area contributed by atoms with Crippen LogP contribution in [-0.2, 0) is 0 Å². The van der Waals surface area contributed by atoms with Gasteiger partial charge in [0.05, 0.1) is 5.54 Å². The Morgan fingerprint density at radius 3 is 2.13 bits per heavy atom. The van der Waals surface area contributed by atoms with E-state index in [2.05, 4.69) is 23.9 Å². The maximum absolute atomic E-state index is 8.75. The Balaban J connectivity index is 2.05. The van der Waals surface area contributed by atoms with E-state index in [1.54, 1.807) is 0 Å². The Morgan fingerprint density at radius 2 is 1.67 bits per heavy atom. The molecule has 0 aromatic heterocycles. The van der Waals surface area contributed by atoms with Crippen molar-refractivity contribution in [1.82, 2.24) is 0 Å². The first-order valence-electron chi connectivity index (χ1n) is 6.03. The average Bonchev–Trinajstić information content (AvgIpc) is 1.94. The first kappa shape index (κ1) is 9.53. The minimum Gasteiger partial charge on any atom is -0.0872 e. The summed E-state index contributed by atoms with van der Waals surface area (Å²) in [7, 11) is 0. The molecule has 4 rings (SSSR count). The van der Waals surface area contributed by atoms with Crippen molar-refractivity contribution in [2.24, 2.45) is 21.9 Å². The Hall–Kier alpha value is -0.690. The lowest BCUT2D eigenvalue weighted by molar-refractivity contribution is -0.104. The van der Waals surface area contributed by atoms with Crippen molar-refractivity contribution >= 4 is 0 Å². The fourth-order valence-electron chi connectivity index (χ4n) is 5.59. The predicted octanol–water partition coefficient (Wildman–Crippen LogP) is 4.05. The molecule has 0 aliphatic heterocycles. The molecule has 4 bridgehead atoms. The summed E-state index contributed by atoms with van der Waals surface area (Å²) in [5.41, 5.74) is 9.66. The normalized spacial score (nSPS) is 56.5. The first-order chi connectivity index (χ1) is 6.97. The highest BCUT2D eigenvalue weighted by Gasteiger charge is 2.59. The quantitative estimate of drug-likeness (QED) is 0.352. The molecule has 4 saturated carbocycles. The Morgan fingerprint density at radius 1 is 1.07 bits per heavy atom. The molecule has 4 aliphatic carbocycles. The first-order valence-corrected chi connectivity index (χ1v) is 6.03. The van der Waals surface area contributed by atoms with Crippen LogP contribution in [-0.4, -0.2) is 5.54 Å². The molecule has 4 aliphatic rings. The van der Waals surface area contributed by atoms with Crippen LogP contribution in [0, 0.1) is 16.7 Å². The van der Waals surface area contributed by atoms with Crippen LogP contribution in [0.5, 0.6) is 0 Å². The maximum Gasteiger partial charge on any atom is 0.0501 e. The van der Waals surface area contributed by atoms with E-state index in [1.165, 1.54) is 19.3 Å².